The van der Waals surface area contributed by atoms with Crippen LogP contribution >= 0.6 is 15.9 Å². The Bertz CT molecular complexity index is 225. The first-order valence-electron chi connectivity index (χ1n) is 3.36. The highest BCUT2D eigenvalue weighted by molar-refractivity contribution is 9.10. The van der Waals surface area contributed by atoms with Crippen LogP contribution in [0.3, 0.4) is 0 Å². The van der Waals surface area contributed by atoms with Gasteiger partial charge in [0.05, 0.1) is 25.5 Å². The van der Waals surface area contributed by atoms with Crippen molar-refractivity contribution in [2.45, 2.75) is 11.2 Å². The van der Waals surface area contributed by atoms with Crippen molar-refractivity contribution >= 4 is 33.7 Å². The van der Waals surface area contributed by atoms with Crippen LogP contribution in [0.2, 0.25) is 0 Å². The second-order valence-electron chi connectivity index (χ2n) is 2.10. The molecule has 74 valence electrons. The lowest BCUT2D eigenvalue weighted by Gasteiger charge is -2.04. The Labute approximate surface area is 83.5 Å². The van der Waals surface area contributed by atoms with Gasteiger partial charge in [0.1, 0.15) is 0 Å². The highest BCUT2D eigenvalue weighted by atomic mass is 79.9. The monoisotopic (exact) mass is 252 g/mol. The molecule has 5 nitrogen and oxygen atoms in total. The molecule has 13 heavy (non-hydrogen) atoms. The Morgan fingerprint density at radius 1 is 1.23 bits per heavy atom. The molecule has 0 aromatic carbocycles. The van der Waals surface area contributed by atoms with E-state index in [4.69, 9.17) is 0 Å². The molecule has 0 aliphatic heterocycles. The van der Waals surface area contributed by atoms with E-state index < -0.39 is 22.5 Å². The van der Waals surface area contributed by atoms with E-state index in [0.29, 0.717) is 0 Å². The van der Waals surface area contributed by atoms with Crippen molar-refractivity contribution in [2.24, 2.45) is 0 Å². The number of carbonyl (C=O) groups is 3. The molecule has 0 bridgehead atoms. The van der Waals surface area contributed by atoms with Gasteiger partial charge in [0.15, 0.2) is 0 Å². The van der Waals surface area contributed by atoms with Crippen LogP contribution in [0.5, 0.6) is 0 Å². The van der Waals surface area contributed by atoms with Crippen LogP contribution in [0.4, 0.5) is 0 Å². The summed E-state index contributed by atoms with van der Waals surface area (Å²) >= 11 is 2.87. The summed E-state index contributed by atoms with van der Waals surface area (Å²) in [5.41, 5.74) is 0. The minimum absolute atomic E-state index is 0.190. The number of Topliss-reactive ketones (excluding diaryl/α,β-unsaturated/α-hetero) is 1. The topological polar surface area (TPSA) is 69.7 Å². The van der Waals surface area contributed by atoms with E-state index in [1.165, 1.54) is 7.11 Å². The van der Waals surface area contributed by atoms with E-state index in [1.807, 2.05) is 0 Å². The average Bonchev–Trinajstić information content (AvgIpc) is 2.14. The van der Waals surface area contributed by atoms with Crippen LogP contribution < -0.4 is 0 Å². The lowest BCUT2D eigenvalue weighted by molar-refractivity contribution is -0.152. The fraction of sp³-hybridized carbons (Fsp3) is 0.571. The van der Waals surface area contributed by atoms with Crippen LogP contribution in [0.25, 0.3) is 0 Å². The molecule has 0 heterocycles. The Morgan fingerprint density at radius 3 is 2.15 bits per heavy atom. The van der Waals surface area contributed by atoms with Crippen molar-refractivity contribution in [1.82, 2.24) is 0 Å². The summed E-state index contributed by atoms with van der Waals surface area (Å²) in [6.07, 6.45) is -0.190. The van der Waals surface area contributed by atoms with Crippen LogP contribution in [0.15, 0.2) is 0 Å². The van der Waals surface area contributed by atoms with Crippen molar-refractivity contribution in [3.05, 3.63) is 0 Å². The number of carbonyl (C=O) groups excluding carboxylic acids is 3. The Kier molecular flexibility index (Phi) is 5.29. The zero-order chi connectivity index (χ0) is 10.4. The smallest absolute Gasteiger partial charge is 0.375 e. The number of ketones is 1. The molecular weight excluding hydrogens is 244 g/mol. The third-order valence-corrected chi connectivity index (χ3v) is 1.98. The maximum absolute atomic E-state index is 11.0. The molecule has 0 fully saturated rings. The first-order chi connectivity index (χ1) is 6.02. The van der Waals surface area contributed by atoms with Crippen LogP contribution in [0, 0.1) is 0 Å². The van der Waals surface area contributed by atoms with Crippen molar-refractivity contribution in [1.29, 1.82) is 0 Å². The first kappa shape index (κ1) is 12.1. The van der Waals surface area contributed by atoms with Gasteiger partial charge in [-0.25, -0.2) is 4.79 Å². The second-order valence-corrected chi connectivity index (χ2v) is 3.21. The molecule has 0 radical (unpaired) electrons. The van der Waals surface area contributed by atoms with Gasteiger partial charge in [-0.1, -0.05) is 15.9 Å². The summed E-state index contributed by atoms with van der Waals surface area (Å²) < 4.78 is 8.49. The van der Waals surface area contributed by atoms with Gasteiger partial charge in [-0.2, -0.15) is 0 Å². The Balaban J connectivity index is 4.11. The first-order valence-corrected chi connectivity index (χ1v) is 4.27. The fourth-order valence-electron chi connectivity index (χ4n) is 0.551. The maximum Gasteiger partial charge on any atom is 0.375 e. The lowest BCUT2D eigenvalue weighted by Crippen LogP contribution is -2.27. The molecule has 0 aromatic heterocycles. The summed E-state index contributed by atoms with van der Waals surface area (Å²) in [6, 6.07) is 0. The van der Waals surface area contributed by atoms with Gasteiger partial charge >= 0.3 is 11.9 Å². The minimum Gasteiger partial charge on any atom is -0.469 e. The summed E-state index contributed by atoms with van der Waals surface area (Å²) in [6.45, 7) is 0. The second kappa shape index (κ2) is 5.69. The number of hydrogen-bond donors (Lipinski definition) is 0. The van der Waals surface area contributed by atoms with Crippen LogP contribution in [-0.4, -0.2) is 36.8 Å². The van der Waals surface area contributed by atoms with Crippen molar-refractivity contribution in [2.75, 3.05) is 14.2 Å². The third-order valence-electron chi connectivity index (χ3n) is 1.24. The van der Waals surface area contributed by atoms with Gasteiger partial charge in [-0.3, -0.25) is 9.59 Å². The quantitative estimate of drug-likeness (QED) is 0.402. The molecule has 6 heteroatoms. The molecule has 0 aliphatic carbocycles. The van der Waals surface area contributed by atoms with E-state index in [9.17, 15) is 14.4 Å². The average molecular weight is 253 g/mol. The van der Waals surface area contributed by atoms with Crippen LogP contribution in [-0.2, 0) is 23.9 Å². The Hall–Kier alpha value is -0.910. The van der Waals surface area contributed by atoms with E-state index in [-0.39, 0.29) is 6.42 Å². The van der Waals surface area contributed by atoms with E-state index >= 15 is 0 Å². The molecule has 0 aromatic rings. The molecule has 1 atom stereocenters. The van der Waals surface area contributed by atoms with Gasteiger partial charge in [0.2, 0.25) is 0 Å². The molecule has 0 saturated carbocycles. The summed E-state index contributed by atoms with van der Waals surface area (Å²) in [4.78, 5) is 31.5. The normalized spacial score (nSPS) is 11.6. The van der Waals surface area contributed by atoms with E-state index in [1.54, 1.807) is 0 Å². The number of halogens is 1. The lowest BCUT2D eigenvalue weighted by atomic mass is 10.2. The molecule has 0 rings (SSSR count). The van der Waals surface area contributed by atoms with E-state index in [2.05, 4.69) is 25.4 Å². The minimum atomic E-state index is -0.981. The van der Waals surface area contributed by atoms with Gasteiger partial charge in [-0.15, -0.1) is 0 Å². The molecule has 0 N–H and O–H groups in total. The molecule has 0 aliphatic rings. The summed E-state index contributed by atoms with van der Waals surface area (Å²) in [5, 5.41) is 0. The van der Waals surface area contributed by atoms with Gasteiger partial charge < -0.3 is 9.47 Å². The molecule has 1 unspecified atom stereocenters. The van der Waals surface area contributed by atoms with Crippen molar-refractivity contribution in [3.8, 4) is 0 Å². The van der Waals surface area contributed by atoms with Crippen molar-refractivity contribution < 1.29 is 23.9 Å². The summed E-state index contributed by atoms with van der Waals surface area (Å²) in [7, 11) is 2.29. The SMILES string of the molecule is COC(=O)CC(Br)C(=O)C(=O)OC. The van der Waals surface area contributed by atoms with Gasteiger partial charge in [0, 0.05) is 0 Å². The van der Waals surface area contributed by atoms with Gasteiger partial charge in [-0.05, 0) is 0 Å². The third kappa shape index (κ3) is 4.02. The number of esters is 2. The number of rotatable bonds is 4. The zero-order valence-corrected chi connectivity index (χ0v) is 8.79. The standard InChI is InChI=1S/C7H9BrO5/c1-12-5(9)3-4(8)6(10)7(11)13-2/h4H,3H2,1-2H3. The van der Waals surface area contributed by atoms with E-state index in [0.717, 1.165) is 7.11 Å². The zero-order valence-electron chi connectivity index (χ0n) is 7.20. The molecule has 0 spiro atoms. The molecule has 0 saturated heterocycles. The molecule has 0 amide bonds. The maximum atomic E-state index is 11.0. The number of hydrogen-bond acceptors (Lipinski definition) is 5. The number of ether oxygens (including phenoxy) is 2. The summed E-state index contributed by atoms with van der Waals surface area (Å²) in [5.74, 6) is -2.35. The Morgan fingerprint density at radius 2 is 1.77 bits per heavy atom. The highest BCUT2D eigenvalue weighted by Crippen LogP contribution is 2.08. The van der Waals surface area contributed by atoms with Gasteiger partial charge in [0.25, 0.3) is 5.78 Å². The predicted molar refractivity (Wildman–Crippen MR) is 46.4 cm³/mol. The predicted octanol–water partition coefficient (Wildman–Crippen LogP) is 0.0551. The number of alkyl halides is 1. The fourth-order valence-corrected chi connectivity index (χ4v) is 1.00. The highest BCUT2D eigenvalue weighted by Gasteiger charge is 2.25. The van der Waals surface area contributed by atoms with Crippen molar-refractivity contribution in [3.63, 3.8) is 0 Å². The number of methoxy groups -OCH3 is 2. The largest absolute Gasteiger partial charge is 0.469 e. The molecular formula is C7H9BrO5. The van der Waals surface area contributed by atoms with Crippen LogP contribution in [0.1, 0.15) is 6.42 Å².